The molecule has 94 valence electrons. The lowest BCUT2D eigenvalue weighted by Gasteiger charge is -2.21. The molecule has 1 aromatic carbocycles. The number of carbonyl (C=O) groups is 1. The SMILES string of the molecule is CCC(C)CN(C)C(=O)c1cccc(N)c1O. The Balaban J connectivity index is 2.85. The van der Waals surface area contributed by atoms with Crippen molar-refractivity contribution in [3.05, 3.63) is 23.8 Å². The van der Waals surface area contributed by atoms with Gasteiger partial charge in [0.1, 0.15) is 0 Å². The third kappa shape index (κ3) is 3.12. The van der Waals surface area contributed by atoms with Gasteiger partial charge < -0.3 is 15.7 Å². The maximum absolute atomic E-state index is 12.1. The Morgan fingerprint density at radius 2 is 2.18 bits per heavy atom. The highest BCUT2D eigenvalue weighted by molar-refractivity contribution is 5.98. The maximum Gasteiger partial charge on any atom is 0.257 e. The molecule has 0 saturated carbocycles. The van der Waals surface area contributed by atoms with E-state index in [1.54, 1.807) is 30.1 Å². The summed E-state index contributed by atoms with van der Waals surface area (Å²) in [6.45, 7) is 4.84. The smallest absolute Gasteiger partial charge is 0.257 e. The van der Waals surface area contributed by atoms with Gasteiger partial charge in [-0.3, -0.25) is 4.79 Å². The van der Waals surface area contributed by atoms with Gasteiger partial charge in [0.2, 0.25) is 0 Å². The first kappa shape index (κ1) is 13.4. The fourth-order valence-corrected chi connectivity index (χ4v) is 1.62. The van der Waals surface area contributed by atoms with Gasteiger partial charge in [0.15, 0.2) is 5.75 Å². The Hall–Kier alpha value is -1.71. The number of phenolic OH excluding ortho intramolecular Hbond substituents is 1. The van der Waals surface area contributed by atoms with E-state index < -0.39 is 0 Å². The average Bonchev–Trinajstić information content (AvgIpc) is 2.31. The summed E-state index contributed by atoms with van der Waals surface area (Å²) in [6, 6.07) is 4.82. The quantitative estimate of drug-likeness (QED) is 0.621. The zero-order chi connectivity index (χ0) is 13.0. The molecule has 0 aliphatic heterocycles. The Kier molecular flexibility index (Phi) is 4.37. The van der Waals surface area contributed by atoms with Crippen LogP contribution in [0.25, 0.3) is 0 Å². The van der Waals surface area contributed by atoms with E-state index in [9.17, 15) is 9.90 Å². The van der Waals surface area contributed by atoms with E-state index in [2.05, 4.69) is 13.8 Å². The van der Waals surface area contributed by atoms with Crippen molar-refractivity contribution in [2.45, 2.75) is 20.3 Å². The number of aromatic hydroxyl groups is 1. The van der Waals surface area contributed by atoms with E-state index in [1.807, 2.05) is 0 Å². The van der Waals surface area contributed by atoms with Crippen LogP contribution in [-0.4, -0.2) is 29.5 Å². The summed E-state index contributed by atoms with van der Waals surface area (Å²) in [5, 5.41) is 9.74. The fraction of sp³-hybridized carbons (Fsp3) is 0.462. The minimum absolute atomic E-state index is 0.131. The lowest BCUT2D eigenvalue weighted by atomic mass is 10.1. The van der Waals surface area contributed by atoms with E-state index >= 15 is 0 Å². The van der Waals surface area contributed by atoms with E-state index in [1.165, 1.54) is 0 Å². The molecule has 1 amide bonds. The summed E-state index contributed by atoms with van der Waals surface area (Å²) in [4.78, 5) is 13.7. The van der Waals surface area contributed by atoms with Crippen LogP contribution in [0.15, 0.2) is 18.2 Å². The number of hydrogen-bond donors (Lipinski definition) is 2. The molecule has 0 fully saturated rings. The lowest BCUT2D eigenvalue weighted by molar-refractivity contribution is 0.0772. The number of nitrogen functional groups attached to an aromatic ring is 1. The topological polar surface area (TPSA) is 66.6 Å². The Labute approximate surface area is 102 Å². The van der Waals surface area contributed by atoms with Crippen LogP contribution in [0.3, 0.4) is 0 Å². The van der Waals surface area contributed by atoms with Crippen LogP contribution in [0.4, 0.5) is 5.69 Å². The number of anilines is 1. The third-order valence-corrected chi connectivity index (χ3v) is 2.93. The maximum atomic E-state index is 12.1. The van der Waals surface area contributed by atoms with E-state index in [0.717, 1.165) is 6.42 Å². The predicted octanol–water partition coefficient (Wildman–Crippen LogP) is 2.09. The molecule has 1 atom stereocenters. The fourth-order valence-electron chi connectivity index (χ4n) is 1.62. The summed E-state index contributed by atoms with van der Waals surface area (Å²) in [5.74, 6) is 0.107. The van der Waals surface area contributed by atoms with Gasteiger partial charge in [-0.2, -0.15) is 0 Å². The van der Waals surface area contributed by atoms with Crippen LogP contribution < -0.4 is 5.73 Å². The molecule has 0 aliphatic rings. The second kappa shape index (κ2) is 5.57. The van der Waals surface area contributed by atoms with Gasteiger partial charge in [-0.05, 0) is 18.1 Å². The number of phenols is 1. The molecular weight excluding hydrogens is 216 g/mol. The van der Waals surface area contributed by atoms with Crippen molar-refractivity contribution in [3.63, 3.8) is 0 Å². The molecule has 1 rings (SSSR count). The number of nitrogens with two attached hydrogens (primary N) is 1. The molecule has 3 N–H and O–H groups in total. The van der Waals surface area contributed by atoms with Crippen LogP contribution in [0.5, 0.6) is 5.75 Å². The van der Waals surface area contributed by atoms with Crippen molar-refractivity contribution in [2.75, 3.05) is 19.3 Å². The van der Waals surface area contributed by atoms with Gasteiger partial charge in [0.25, 0.3) is 5.91 Å². The van der Waals surface area contributed by atoms with Gasteiger partial charge in [-0.15, -0.1) is 0 Å². The highest BCUT2D eigenvalue weighted by Gasteiger charge is 2.18. The molecule has 4 nitrogen and oxygen atoms in total. The standard InChI is InChI=1S/C13H20N2O2/c1-4-9(2)8-15(3)13(17)10-6-5-7-11(14)12(10)16/h5-7,9,16H,4,8,14H2,1-3H3. The van der Waals surface area contributed by atoms with Crippen molar-refractivity contribution in [1.82, 2.24) is 4.90 Å². The number of para-hydroxylation sites is 1. The molecule has 0 heterocycles. The first-order chi connectivity index (χ1) is 7.97. The van der Waals surface area contributed by atoms with Crippen LogP contribution >= 0.6 is 0 Å². The zero-order valence-electron chi connectivity index (χ0n) is 10.6. The predicted molar refractivity (Wildman–Crippen MR) is 68.9 cm³/mol. The Morgan fingerprint density at radius 1 is 1.53 bits per heavy atom. The number of nitrogens with zero attached hydrogens (tertiary/aromatic N) is 1. The highest BCUT2D eigenvalue weighted by atomic mass is 16.3. The molecule has 0 saturated heterocycles. The van der Waals surface area contributed by atoms with Gasteiger partial charge >= 0.3 is 0 Å². The molecule has 0 bridgehead atoms. The van der Waals surface area contributed by atoms with Crippen LogP contribution in [0.2, 0.25) is 0 Å². The van der Waals surface area contributed by atoms with E-state index in [0.29, 0.717) is 12.5 Å². The molecule has 0 spiro atoms. The molecule has 0 aromatic heterocycles. The number of hydrogen-bond acceptors (Lipinski definition) is 3. The summed E-state index contributed by atoms with van der Waals surface area (Å²) in [7, 11) is 1.73. The first-order valence-corrected chi connectivity index (χ1v) is 5.80. The second-order valence-electron chi connectivity index (χ2n) is 4.44. The summed E-state index contributed by atoms with van der Waals surface area (Å²) < 4.78 is 0. The molecule has 0 radical (unpaired) electrons. The van der Waals surface area contributed by atoms with Gasteiger partial charge in [-0.25, -0.2) is 0 Å². The first-order valence-electron chi connectivity index (χ1n) is 5.80. The number of rotatable bonds is 4. The molecule has 17 heavy (non-hydrogen) atoms. The van der Waals surface area contributed by atoms with Gasteiger partial charge in [-0.1, -0.05) is 26.3 Å². The van der Waals surface area contributed by atoms with Crippen LogP contribution in [-0.2, 0) is 0 Å². The molecule has 1 unspecified atom stereocenters. The largest absolute Gasteiger partial charge is 0.505 e. The van der Waals surface area contributed by atoms with E-state index in [-0.39, 0.29) is 22.9 Å². The van der Waals surface area contributed by atoms with Crippen molar-refractivity contribution in [2.24, 2.45) is 5.92 Å². The molecule has 4 heteroatoms. The Morgan fingerprint density at radius 3 is 2.76 bits per heavy atom. The average molecular weight is 236 g/mol. The molecular formula is C13H20N2O2. The summed E-state index contributed by atoms with van der Waals surface area (Å²) in [5.41, 5.74) is 6.05. The Bertz CT molecular complexity index is 404. The minimum atomic E-state index is -0.199. The minimum Gasteiger partial charge on any atom is -0.505 e. The summed E-state index contributed by atoms with van der Waals surface area (Å²) in [6.07, 6.45) is 1.01. The molecule has 1 aromatic rings. The van der Waals surface area contributed by atoms with Crippen molar-refractivity contribution < 1.29 is 9.90 Å². The number of carbonyl (C=O) groups excluding carboxylic acids is 1. The normalized spacial score (nSPS) is 12.2. The lowest BCUT2D eigenvalue weighted by Crippen LogP contribution is -2.31. The monoisotopic (exact) mass is 236 g/mol. The van der Waals surface area contributed by atoms with Crippen molar-refractivity contribution in [1.29, 1.82) is 0 Å². The second-order valence-corrected chi connectivity index (χ2v) is 4.44. The van der Waals surface area contributed by atoms with Crippen LogP contribution in [0, 0.1) is 5.92 Å². The highest BCUT2D eigenvalue weighted by Crippen LogP contribution is 2.25. The van der Waals surface area contributed by atoms with E-state index in [4.69, 9.17) is 5.73 Å². The summed E-state index contributed by atoms with van der Waals surface area (Å²) >= 11 is 0. The molecule has 0 aliphatic carbocycles. The van der Waals surface area contributed by atoms with Crippen LogP contribution in [0.1, 0.15) is 30.6 Å². The number of benzene rings is 1. The van der Waals surface area contributed by atoms with Gasteiger partial charge in [0, 0.05) is 13.6 Å². The number of amides is 1. The third-order valence-electron chi connectivity index (χ3n) is 2.93. The van der Waals surface area contributed by atoms with Crippen molar-refractivity contribution >= 4 is 11.6 Å². The van der Waals surface area contributed by atoms with Gasteiger partial charge in [0.05, 0.1) is 11.3 Å². The van der Waals surface area contributed by atoms with Crippen molar-refractivity contribution in [3.8, 4) is 5.75 Å². The zero-order valence-corrected chi connectivity index (χ0v) is 10.6.